The van der Waals surface area contributed by atoms with Crippen molar-refractivity contribution in [3.05, 3.63) is 29.8 Å². The van der Waals surface area contributed by atoms with Crippen molar-refractivity contribution >= 4 is 17.6 Å². The van der Waals surface area contributed by atoms with Crippen molar-refractivity contribution in [3.63, 3.8) is 0 Å². The number of amides is 1. The zero-order valence-electron chi connectivity index (χ0n) is 10.3. The summed E-state index contributed by atoms with van der Waals surface area (Å²) in [6.45, 7) is 1.72. The molecule has 4 N–H and O–H groups in total. The predicted molar refractivity (Wildman–Crippen MR) is 69.0 cm³/mol. The molecule has 0 fully saturated rings. The summed E-state index contributed by atoms with van der Waals surface area (Å²) >= 11 is 0. The molecule has 0 aromatic heterocycles. The normalized spacial score (nSPS) is 11.8. The van der Waals surface area contributed by atoms with E-state index in [1.165, 1.54) is 0 Å². The van der Waals surface area contributed by atoms with Gasteiger partial charge in [-0.25, -0.2) is 4.79 Å². The second kappa shape index (κ2) is 6.64. The molecule has 0 aliphatic heterocycles. The molecule has 98 valence electrons. The van der Waals surface area contributed by atoms with Gasteiger partial charge in [0.05, 0.1) is 0 Å². The van der Waals surface area contributed by atoms with Gasteiger partial charge in [0.1, 0.15) is 6.04 Å². The lowest BCUT2D eigenvalue weighted by molar-refractivity contribution is -0.141. The number of nitrogen functional groups attached to an aromatic ring is 1. The Morgan fingerprint density at radius 2 is 2.17 bits per heavy atom. The van der Waals surface area contributed by atoms with E-state index in [0.717, 1.165) is 5.56 Å². The van der Waals surface area contributed by atoms with Gasteiger partial charge in [-0.3, -0.25) is 4.79 Å². The largest absolute Gasteiger partial charge is 0.480 e. The van der Waals surface area contributed by atoms with Crippen molar-refractivity contribution in [2.75, 3.05) is 5.73 Å². The maximum atomic E-state index is 11.6. The summed E-state index contributed by atoms with van der Waals surface area (Å²) in [5.74, 6) is -1.26. The van der Waals surface area contributed by atoms with Crippen LogP contribution in [0.5, 0.6) is 0 Å². The summed E-state index contributed by atoms with van der Waals surface area (Å²) in [5.41, 5.74) is 7.25. The number of aryl methyl sites for hydroxylation is 1. The number of carbonyl (C=O) groups is 2. The number of nitrogens with one attached hydrogen (secondary N) is 1. The SMILES string of the molecule is CC[C@@H](NC(=O)CCc1cccc(N)c1)C(=O)O. The first-order chi connectivity index (χ1) is 8.52. The number of carboxylic acids is 1. The number of aliphatic carboxylic acids is 1. The summed E-state index contributed by atoms with van der Waals surface area (Å²) in [5, 5.41) is 11.3. The standard InChI is InChI=1S/C13H18N2O3/c1-2-11(13(17)18)15-12(16)7-6-9-4-3-5-10(14)8-9/h3-5,8,11H,2,6-7,14H2,1H3,(H,15,16)(H,17,18)/t11-/m1/s1. The molecule has 0 radical (unpaired) electrons. The molecule has 0 heterocycles. The molecular formula is C13H18N2O3. The van der Waals surface area contributed by atoms with Crippen LogP contribution in [-0.2, 0) is 16.0 Å². The number of hydrogen-bond acceptors (Lipinski definition) is 3. The molecule has 0 bridgehead atoms. The smallest absolute Gasteiger partial charge is 0.326 e. The maximum Gasteiger partial charge on any atom is 0.326 e. The van der Waals surface area contributed by atoms with E-state index in [2.05, 4.69) is 5.32 Å². The monoisotopic (exact) mass is 250 g/mol. The van der Waals surface area contributed by atoms with Crippen molar-refractivity contribution < 1.29 is 14.7 Å². The van der Waals surface area contributed by atoms with Crippen LogP contribution >= 0.6 is 0 Å². The third-order valence-electron chi connectivity index (χ3n) is 2.63. The molecule has 1 aromatic carbocycles. The highest BCUT2D eigenvalue weighted by molar-refractivity contribution is 5.83. The zero-order valence-corrected chi connectivity index (χ0v) is 10.3. The van der Waals surface area contributed by atoms with Crippen molar-refractivity contribution in [3.8, 4) is 0 Å². The van der Waals surface area contributed by atoms with Crippen molar-refractivity contribution in [1.82, 2.24) is 5.32 Å². The van der Waals surface area contributed by atoms with Crippen LogP contribution in [0.3, 0.4) is 0 Å². The van der Waals surface area contributed by atoms with Crippen molar-refractivity contribution in [2.24, 2.45) is 0 Å². The predicted octanol–water partition coefficient (Wildman–Crippen LogP) is 1.18. The Hall–Kier alpha value is -2.04. The summed E-state index contributed by atoms with van der Waals surface area (Å²) in [6, 6.07) is 6.49. The molecule has 5 nitrogen and oxygen atoms in total. The second-order valence-corrected chi connectivity index (χ2v) is 4.11. The van der Waals surface area contributed by atoms with Gasteiger partial charge in [0.15, 0.2) is 0 Å². The minimum atomic E-state index is -1.00. The molecule has 5 heteroatoms. The molecule has 0 saturated heterocycles. The highest BCUT2D eigenvalue weighted by atomic mass is 16.4. The van der Waals surface area contributed by atoms with E-state index in [0.29, 0.717) is 18.5 Å². The summed E-state index contributed by atoms with van der Waals surface area (Å²) in [4.78, 5) is 22.3. The van der Waals surface area contributed by atoms with Gasteiger partial charge in [0, 0.05) is 12.1 Å². The van der Waals surface area contributed by atoms with Gasteiger partial charge in [0.2, 0.25) is 5.91 Å². The van der Waals surface area contributed by atoms with Crippen molar-refractivity contribution in [1.29, 1.82) is 0 Å². The molecule has 1 rings (SSSR count). The van der Waals surface area contributed by atoms with Crippen LogP contribution < -0.4 is 11.1 Å². The van der Waals surface area contributed by atoms with Gasteiger partial charge < -0.3 is 16.2 Å². The van der Waals surface area contributed by atoms with Crippen LogP contribution in [0.15, 0.2) is 24.3 Å². The van der Waals surface area contributed by atoms with Crippen LogP contribution in [0.1, 0.15) is 25.3 Å². The van der Waals surface area contributed by atoms with E-state index in [4.69, 9.17) is 10.8 Å². The van der Waals surface area contributed by atoms with Crippen LogP contribution in [-0.4, -0.2) is 23.0 Å². The number of carboxylic acid groups (broad SMARTS) is 1. The third kappa shape index (κ3) is 4.45. The fourth-order valence-corrected chi connectivity index (χ4v) is 1.61. The molecule has 0 unspecified atom stereocenters. The van der Waals surface area contributed by atoms with Gasteiger partial charge >= 0.3 is 5.97 Å². The van der Waals surface area contributed by atoms with Gasteiger partial charge in [-0.1, -0.05) is 19.1 Å². The first-order valence-electron chi connectivity index (χ1n) is 5.89. The van der Waals surface area contributed by atoms with E-state index in [1.54, 1.807) is 13.0 Å². The Morgan fingerprint density at radius 3 is 2.72 bits per heavy atom. The Kier molecular flexibility index (Phi) is 5.17. The molecule has 1 aromatic rings. The van der Waals surface area contributed by atoms with E-state index >= 15 is 0 Å². The van der Waals surface area contributed by atoms with Gasteiger partial charge in [0.25, 0.3) is 0 Å². The maximum absolute atomic E-state index is 11.6. The number of hydrogen-bond donors (Lipinski definition) is 3. The quantitative estimate of drug-likeness (QED) is 0.661. The van der Waals surface area contributed by atoms with Gasteiger partial charge in [-0.05, 0) is 30.5 Å². The van der Waals surface area contributed by atoms with E-state index in [-0.39, 0.29) is 12.3 Å². The average Bonchev–Trinajstić information content (AvgIpc) is 2.33. The van der Waals surface area contributed by atoms with Crippen LogP contribution in [0.4, 0.5) is 5.69 Å². The van der Waals surface area contributed by atoms with E-state index in [1.807, 2.05) is 18.2 Å². The van der Waals surface area contributed by atoms with E-state index in [9.17, 15) is 9.59 Å². The molecule has 0 spiro atoms. The summed E-state index contributed by atoms with van der Waals surface area (Å²) < 4.78 is 0. The summed E-state index contributed by atoms with van der Waals surface area (Å²) in [7, 11) is 0. The van der Waals surface area contributed by atoms with Crippen LogP contribution in [0.25, 0.3) is 0 Å². The first-order valence-corrected chi connectivity index (χ1v) is 5.89. The van der Waals surface area contributed by atoms with E-state index < -0.39 is 12.0 Å². The Labute approximate surface area is 106 Å². The van der Waals surface area contributed by atoms with Crippen LogP contribution in [0.2, 0.25) is 0 Å². The Morgan fingerprint density at radius 1 is 1.44 bits per heavy atom. The van der Waals surface area contributed by atoms with Crippen molar-refractivity contribution in [2.45, 2.75) is 32.2 Å². The fourth-order valence-electron chi connectivity index (χ4n) is 1.61. The Bertz CT molecular complexity index is 432. The lowest BCUT2D eigenvalue weighted by Gasteiger charge is -2.12. The number of nitrogens with two attached hydrogens (primary N) is 1. The minimum absolute atomic E-state index is 0.257. The van der Waals surface area contributed by atoms with Gasteiger partial charge in [-0.2, -0.15) is 0 Å². The lowest BCUT2D eigenvalue weighted by atomic mass is 10.1. The molecule has 0 aliphatic carbocycles. The highest BCUT2D eigenvalue weighted by Gasteiger charge is 2.16. The molecule has 0 aliphatic rings. The molecule has 18 heavy (non-hydrogen) atoms. The molecule has 0 saturated carbocycles. The lowest BCUT2D eigenvalue weighted by Crippen LogP contribution is -2.40. The number of benzene rings is 1. The Balaban J connectivity index is 2.44. The fraction of sp³-hybridized carbons (Fsp3) is 0.385. The average molecular weight is 250 g/mol. The molecule has 1 atom stereocenters. The molecule has 1 amide bonds. The topological polar surface area (TPSA) is 92.4 Å². The summed E-state index contributed by atoms with van der Waals surface area (Å²) in [6.07, 6.45) is 1.18. The molecular weight excluding hydrogens is 232 g/mol. The van der Waals surface area contributed by atoms with Crippen LogP contribution in [0, 0.1) is 0 Å². The number of carbonyl (C=O) groups excluding carboxylic acids is 1. The zero-order chi connectivity index (χ0) is 13.5. The minimum Gasteiger partial charge on any atom is -0.480 e. The second-order valence-electron chi connectivity index (χ2n) is 4.11. The van der Waals surface area contributed by atoms with Gasteiger partial charge in [-0.15, -0.1) is 0 Å². The number of rotatable bonds is 6. The number of anilines is 1. The first kappa shape index (κ1) is 14.0. The third-order valence-corrected chi connectivity index (χ3v) is 2.63. The highest BCUT2D eigenvalue weighted by Crippen LogP contribution is 2.08.